The molecule has 1 atom stereocenters. The Hall–Kier alpha value is -4.22. The van der Waals surface area contributed by atoms with Gasteiger partial charge in [0.2, 0.25) is 0 Å². The third-order valence-corrected chi connectivity index (χ3v) is 6.05. The lowest BCUT2D eigenvalue weighted by Crippen LogP contribution is -2.28. The Bertz CT molecular complexity index is 1490. The number of aliphatic hydroxyl groups excluding tert-OH is 1. The van der Waals surface area contributed by atoms with Crippen molar-refractivity contribution in [3.05, 3.63) is 83.4 Å². The standard InChI is InChI=1S/C26H21F3N4O4/c27-17-2-1-3-18(28)24(17)26(36)32-14-4-5-21(19(29)10-14)37-22-6-8-30-25-23(22)16(11-31-25)20(35)13-33-9-7-15(34)12-33/h1-6,8,10-11,15,34H,7,9,12-13H2,(H,30,31)(H,32,36). The third kappa shape index (κ3) is 5.04. The molecule has 4 aromatic rings. The van der Waals surface area contributed by atoms with Gasteiger partial charge in [0.15, 0.2) is 17.3 Å². The van der Waals surface area contributed by atoms with Crippen LogP contribution in [0.25, 0.3) is 11.0 Å². The molecule has 0 spiro atoms. The second kappa shape index (κ2) is 10.0. The number of fused-ring (bicyclic) bond motifs is 1. The van der Waals surface area contributed by atoms with Crippen LogP contribution in [-0.4, -0.2) is 57.4 Å². The predicted molar refractivity (Wildman–Crippen MR) is 128 cm³/mol. The normalized spacial score (nSPS) is 15.7. The number of amides is 1. The van der Waals surface area contributed by atoms with E-state index in [1.807, 2.05) is 4.90 Å². The number of nitrogens with zero attached hydrogens (tertiary/aromatic N) is 2. The van der Waals surface area contributed by atoms with E-state index in [0.717, 1.165) is 24.3 Å². The minimum absolute atomic E-state index is 0.0392. The summed E-state index contributed by atoms with van der Waals surface area (Å²) in [4.78, 5) is 34.2. The lowest BCUT2D eigenvalue weighted by molar-refractivity contribution is 0.0935. The topological polar surface area (TPSA) is 108 Å². The number of pyridine rings is 1. The summed E-state index contributed by atoms with van der Waals surface area (Å²) in [6, 6.07) is 8.02. The van der Waals surface area contributed by atoms with Gasteiger partial charge in [0.25, 0.3) is 5.91 Å². The monoisotopic (exact) mass is 510 g/mol. The molecule has 1 aliphatic heterocycles. The van der Waals surface area contributed by atoms with Crippen LogP contribution in [0.3, 0.4) is 0 Å². The van der Waals surface area contributed by atoms with Crippen LogP contribution in [0.4, 0.5) is 18.9 Å². The third-order valence-electron chi connectivity index (χ3n) is 6.05. The van der Waals surface area contributed by atoms with Crippen molar-refractivity contribution >= 4 is 28.4 Å². The highest BCUT2D eigenvalue weighted by Crippen LogP contribution is 2.34. The van der Waals surface area contributed by atoms with Crippen LogP contribution in [0.5, 0.6) is 11.5 Å². The zero-order valence-corrected chi connectivity index (χ0v) is 19.3. The van der Waals surface area contributed by atoms with E-state index in [-0.39, 0.29) is 29.5 Å². The van der Waals surface area contributed by atoms with Gasteiger partial charge >= 0.3 is 0 Å². The number of H-pyrrole nitrogens is 1. The Morgan fingerprint density at radius 2 is 1.89 bits per heavy atom. The molecule has 190 valence electrons. The SMILES string of the molecule is O=C(Nc1ccc(Oc2ccnc3[nH]cc(C(=O)CN4CCC(O)C4)c23)c(F)c1)c1c(F)cccc1F. The molecule has 37 heavy (non-hydrogen) atoms. The summed E-state index contributed by atoms with van der Waals surface area (Å²) in [5.74, 6) is -4.25. The molecule has 3 heterocycles. The number of hydrogen-bond acceptors (Lipinski definition) is 6. The van der Waals surface area contributed by atoms with Crippen molar-refractivity contribution in [2.45, 2.75) is 12.5 Å². The molecule has 2 aromatic carbocycles. The van der Waals surface area contributed by atoms with Gasteiger partial charge in [-0.25, -0.2) is 18.2 Å². The molecule has 3 N–H and O–H groups in total. The Kier molecular flexibility index (Phi) is 6.64. The summed E-state index contributed by atoms with van der Waals surface area (Å²) < 4.78 is 48.4. The number of aromatic nitrogens is 2. The summed E-state index contributed by atoms with van der Waals surface area (Å²) in [5.41, 5.74) is -0.132. The molecule has 5 rings (SSSR count). The molecule has 0 aliphatic carbocycles. The van der Waals surface area contributed by atoms with E-state index in [0.29, 0.717) is 36.1 Å². The summed E-state index contributed by atoms with van der Waals surface area (Å²) in [6.07, 6.45) is 3.09. The second-order valence-electron chi connectivity index (χ2n) is 8.63. The zero-order chi connectivity index (χ0) is 26.1. The molecular formula is C26H21F3N4O4. The number of carbonyl (C=O) groups is 2. The van der Waals surface area contributed by atoms with Crippen molar-refractivity contribution in [3.8, 4) is 11.5 Å². The molecule has 1 amide bonds. The maximum absolute atomic E-state index is 14.9. The van der Waals surface area contributed by atoms with Crippen molar-refractivity contribution in [3.63, 3.8) is 0 Å². The van der Waals surface area contributed by atoms with Gasteiger partial charge in [-0.2, -0.15) is 0 Å². The van der Waals surface area contributed by atoms with Crippen LogP contribution < -0.4 is 10.1 Å². The van der Waals surface area contributed by atoms with Gasteiger partial charge in [-0.3, -0.25) is 14.5 Å². The predicted octanol–water partition coefficient (Wildman–Crippen LogP) is 4.27. The number of anilines is 1. The quantitative estimate of drug-likeness (QED) is 0.321. The lowest BCUT2D eigenvalue weighted by Gasteiger charge is -2.14. The van der Waals surface area contributed by atoms with Gasteiger partial charge in [-0.1, -0.05) is 6.07 Å². The average Bonchev–Trinajstić information content (AvgIpc) is 3.47. The highest BCUT2D eigenvalue weighted by atomic mass is 19.1. The number of β-amino-alcohol motifs (C(OH)–C–C–N with tert-alkyl or cyclic N) is 1. The molecule has 0 saturated carbocycles. The number of ketones is 1. The highest BCUT2D eigenvalue weighted by Gasteiger charge is 2.25. The number of ether oxygens (including phenoxy) is 1. The number of carbonyl (C=O) groups excluding carboxylic acids is 2. The Labute approximate surface area is 208 Å². The number of benzene rings is 2. The molecule has 0 bridgehead atoms. The molecule has 1 unspecified atom stereocenters. The summed E-state index contributed by atoms with van der Waals surface area (Å²) in [7, 11) is 0. The first-order valence-electron chi connectivity index (χ1n) is 11.4. The van der Waals surface area contributed by atoms with Crippen molar-refractivity contribution in [2.24, 2.45) is 0 Å². The molecule has 0 radical (unpaired) electrons. The van der Waals surface area contributed by atoms with E-state index in [4.69, 9.17) is 4.74 Å². The number of hydrogen-bond donors (Lipinski definition) is 3. The maximum atomic E-state index is 14.9. The Balaban J connectivity index is 1.36. The largest absolute Gasteiger partial charge is 0.453 e. The van der Waals surface area contributed by atoms with Crippen LogP contribution in [0, 0.1) is 17.5 Å². The summed E-state index contributed by atoms with van der Waals surface area (Å²) >= 11 is 0. The first kappa shape index (κ1) is 24.5. The van der Waals surface area contributed by atoms with Gasteiger partial charge in [0, 0.05) is 42.8 Å². The Morgan fingerprint density at radius 1 is 1.11 bits per heavy atom. The van der Waals surface area contributed by atoms with Gasteiger partial charge in [0.05, 0.1) is 18.0 Å². The molecule has 11 heteroatoms. The number of likely N-dealkylation sites (tertiary alicyclic amines) is 1. The van der Waals surface area contributed by atoms with Crippen molar-refractivity contribution < 1.29 is 32.6 Å². The number of halogens is 3. The number of aromatic amines is 1. The van der Waals surface area contributed by atoms with E-state index in [1.165, 1.54) is 30.6 Å². The van der Waals surface area contributed by atoms with Crippen LogP contribution in [-0.2, 0) is 0 Å². The smallest absolute Gasteiger partial charge is 0.261 e. The number of Topliss-reactive ketones (excluding diaryl/α,β-unsaturated/α-hetero) is 1. The molecule has 1 fully saturated rings. The maximum Gasteiger partial charge on any atom is 0.261 e. The number of rotatable bonds is 7. The van der Waals surface area contributed by atoms with Gasteiger partial charge in [0.1, 0.15) is 28.6 Å². The number of aliphatic hydroxyl groups is 1. The second-order valence-corrected chi connectivity index (χ2v) is 8.63. The molecular weight excluding hydrogens is 489 g/mol. The van der Waals surface area contributed by atoms with Crippen molar-refractivity contribution in [1.82, 2.24) is 14.9 Å². The van der Waals surface area contributed by atoms with E-state index in [1.54, 1.807) is 0 Å². The van der Waals surface area contributed by atoms with Crippen LogP contribution in [0.2, 0.25) is 0 Å². The average molecular weight is 510 g/mol. The number of nitrogens with one attached hydrogen (secondary N) is 2. The fourth-order valence-electron chi connectivity index (χ4n) is 4.26. The molecule has 1 aliphatic rings. The van der Waals surface area contributed by atoms with E-state index in [2.05, 4.69) is 15.3 Å². The van der Waals surface area contributed by atoms with E-state index in [9.17, 15) is 27.9 Å². The fourth-order valence-corrected chi connectivity index (χ4v) is 4.26. The van der Waals surface area contributed by atoms with Gasteiger partial charge < -0.3 is 20.1 Å². The Morgan fingerprint density at radius 3 is 2.59 bits per heavy atom. The van der Waals surface area contributed by atoms with Gasteiger partial charge in [-0.15, -0.1) is 0 Å². The highest BCUT2D eigenvalue weighted by molar-refractivity contribution is 6.10. The first-order valence-corrected chi connectivity index (χ1v) is 11.4. The minimum Gasteiger partial charge on any atom is -0.453 e. The van der Waals surface area contributed by atoms with Crippen LogP contribution in [0.1, 0.15) is 27.1 Å². The zero-order valence-electron chi connectivity index (χ0n) is 19.3. The fraction of sp³-hybridized carbons (Fsp3) is 0.192. The van der Waals surface area contributed by atoms with Crippen LogP contribution in [0.15, 0.2) is 54.9 Å². The summed E-state index contributed by atoms with van der Waals surface area (Å²) in [6.45, 7) is 1.12. The molecule has 1 saturated heterocycles. The van der Waals surface area contributed by atoms with E-state index < -0.39 is 35.0 Å². The summed E-state index contributed by atoms with van der Waals surface area (Å²) in [5, 5.41) is 12.4. The molecule has 2 aromatic heterocycles. The minimum atomic E-state index is -1.07. The lowest BCUT2D eigenvalue weighted by atomic mass is 10.1. The van der Waals surface area contributed by atoms with Crippen molar-refractivity contribution in [1.29, 1.82) is 0 Å². The van der Waals surface area contributed by atoms with Gasteiger partial charge in [-0.05, 0) is 36.8 Å². The first-order chi connectivity index (χ1) is 17.8. The van der Waals surface area contributed by atoms with E-state index >= 15 is 0 Å². The van der Waals surface area contributed by atoms with Crippen LogP contribution >= 0.6 is 0 Å². The molecule has 8 nitrogen and oxygen atoms in total. The van der Waals surface area contributed by atoms with Crippen molar-refractivity contribution in [2.75, 3.05) is 25.0 Å².